The van der Waals surface area contributed by atoms with E-state index in [4.69, 9.17) is 14.6 Å². The third-order valence-electron chi connectivity index (χ3n) is 4.15. The molecule has 1 aliphatic rings. The fourth-order valence-corrected chi connectivity index (χ4v) is 2.71. The predicted molar refractivity (Wildman–Crippen MR) is 82.3 cm³/mol. The van der Waals surface area contributed by atoms with Crippen LogP contribution in [0.3, 0.4) is 0 Å². The predicted octanol–water partition coefficient (Wildman–Crippen LogP) is 0.944. The van der Waals surface area contributed by atoms with Gasteiger partial charge in [0.25, 0.3) is 0 Å². The van der Waals surface area contributed by atoms with Crippen molar-refractivity contribution in [1.82, 2.24) is 0 Å². The second kappa shape index (κ2) is 11.3. The molecule has 0 aliphatic carbocycles. The van der Waals surface area contributed by atoms with E-state index in [1.807, 2.05) is 0 Å². The van der Waals surface area contributed by atoms with Gasteiger partial charge in [-0.05, 0) is 6.42 Å². The van der Waals surface area contributed by atoms with E-state index in [-0.39, 0.29) is 0 Å². The first-order chi connectivity index (χ1) is 10.6. The van der Waals surface area contributed by atoms with Gasteiger partial charge >= 0.3 is 0 Å². The van der Waals surface area contributed by atoms with Gasteiger partial charge in [0.1, 0.15) is 24.4 Å². The van der Waals surface area contributed by atoms with Crippen LogP contribution in [0.5, 0.6) is 0 Å². The Kier molecular flexibility index (Phi) is 10.2. The monoisotopic (exact) mass is 320 g/mol. The zero-order valence-electron chi connectivity index (χ0n) is 13.6. The fraction of sp³-hybridized carbons (Fsp3) is 1.00. The summed E-state index contributed by atoms with van der Waals surface area (Å²) in [4.78, 5) is 0. The largest absolute Gasteiger partial charge is 0.394 e. The van der Waals surface area contributed by atoms with Gasteiger partial charge in [0, 0.05) is 6.61 Å². The Morgan fingerprint density at radius 3 is 2.05 bits per heavy atom. The van der Waals surface area contributed by atoms with Crippen molar-refractivity contribution in [2.75, 3.05) is 13.2 Å². The molecule has 0 saturated carbocycles. The molecule has 1 aliphatic heterocycles. The molecule has 0 aromatic carbocycles. The van der Waals surface area contributed by atoms with Crippen molar-refractivity contribution in [3.63, 3.8) is 0 Å². The highest BCUT2D eigenvalue weighted by atomic mass is 16.7. The average molecular weight is 320 g/mol. The van der Waals surface area contributed by atoms with Crippen LogP contribution in [0.4, 0.5) is 0 Å². The highest BCUT2D eigenvalue weighted by Gasteiger charge is 2.44. The summed E-state index contributed by atoms with van der Waals surface area (Å²) in [5.74, 6) is 0. The van der Waals surface area contributed by atoms with Crippen molar-refractivity contribution in [3.05, 3.63) is 0 Å². The molecule has 1 rings (SSSR count). The van der Waals surface area contributed by atoms with E-state index >= 15 is 0 Å². The van der Waals surface area contributed by atoms with E-state index < -0.39 is 37.3 Å². The van der Waals surface area contributed by atoms with Crippen LogP contribution < -0.4 is 0 Å². The maximum atomic E-state index is 9.91. The molecule has 1 fully saturated rings. The molecule has 5 atom stereocenters. The summed E-state index contributed by atoms with van der Waals surface area (Å²) in [6.07, 6.45) is 3.64. The SMILES string of the molecule is CCCCCCCCCCO[C@@H]1[C@@H](O)[C@@H](O)[C@@H](CO)O[C@H]1O. The van der Waals surface area contributed by atoms with E-state index in [0.29, 0.717) is 6.61 Å². The van der Waals surface area contributed by atoms with Gasteiger partial charge in [0.05, 0.1) is 6.61 Å². The number of ether oxygens (including phenoxy) is 2. The summed E-state index contributed by atoms with van der Waals surface area (Å²) in [6, 6.07) is 0. The summed E-state index contributed by atoms with van der Waals surface area (Å²) >= 11 is 0. The minimum atomic E-state index is -1.33. The molecule has 0 aromatic heterocycles. The molecule has 4 N–H and O–H groups in total. The topological polar surface area (TPSA) is 99.4 Å². The summed E-state index contributed by atoms with van der Waals surface area (Å²) < 4.78 is 10.5. The lowest BCUT2D eigenvalue weighted by Crippen LogP contribution is -2.59. The normalized spacial score (nSPS) is 32.3. The number of aliphatic hydroxyl groups excluding tert-OH is 4. The first-order valence-corrected chi connectivity index (χ1v) is 8.54. The molecular formula is C16H32O6. The quantitative estimate of drug-likeness (QED) is 0.423. The number of rotatable bonds is 11. The first kappa shape index (κ1) is 19.8. The minimum absolute atomic E-state index is 0.410. The van der Waals surface area contributed by atoms with Gasteiger partial charge in [0.2, 0.25) is 0 Å². The molecule has 6 heteroatoms. The lowest BCUT2D eigenvalue weighted by atomic mass is 9.99. The Bertz CT molecular complexity index is 275. The Morgan fingerprint density at radius 2 is 1.45 bits per heavy atom. The second-order valence-electron chi connectivity index (χ2n) is 6.04. The molecule has 132 valence electrons. The molecule has 0 spiro atoms. The molecule has 0 aromatic rings. The smallest absolute Gasteiger partial charge is 0.184 e. The van der Waals surface area contributed by atoms with Crippen molar-refractivity contribution in [1.29, 1.82) is 0 Å². The van der Waals surface area contributed by atoms with E-state index in [1.165, 1.54) is 32.1 Å². The summed E-state index contributed by atoms with van der Waals surface area (Å²) in [5.41, 5.74) is 0. The van der Waals surface area contributed by atoms with Gasteiger partial charge in [-0.15, -0.1) is 0 Å². The molecular weight excluding hydrogens is 288 g/mol. The van der Waals surface area contributed by atoms with Gasteiger partial charge in [0.15, 0.2) is 6.29 Å². The Morgan fingerprint density at radius 1 is 0.864 bits per heavy atom. The van der Waals surface area contributed by atoms with Crippen molar-refractivity contribution in [3.8, 4) is 0 Å². The molecule has 1 saturated heterocycles. The van der Waals surface area contributed by atoms with Gasteiger partial charge in [-0.2, -0.15) is 0 Å². The lowest BCUT2D eigenvalue weighted by Gasteiger charge is -2.39. The van der Waals surface area contributed by atoms with Crippen LogP contribution in [0.25, 0.3) is 0 Å². The molecule has 0 bridgehead atoms. The summed E-state index contributed by atoms with van der Waals surface area (Å²) in [6.45, 7) is 2.16. The van der Waals surface area contributed by atoms with Crippen molar-refractivity contribution >= 4 is 0 Å². The highest BCUT2D eigenvalue weighted by Crippen LogP contribution is 2.22. The third kappa shape index (κ3) is 6.48. The number of aliphatic hydroxyl groups is 4. The number of hydrogen-bond donors (Lipinski definition) is 4. The standard InChI is InChI=1S/C16H32O6/c1-2-3-4-5-6-7-8-9-10-21-15-14(19)13(18)12(11-17)22-16(15)20/h12-20H,2-11H2,1H3/t12-,13+,14+,15-,16-/m1/s1. The molecule has 0 unspecified atom stereocenters. The van der Waals surface area contributed by atoms with Crippen LogP contribution in [-0.4, -0.2) is 64.3 Å². The molecule has 0 amide bonds. The van der Waals surface area contributed by atoms with Crippen LogP contribution in [0.2, 0.25) is 0 Å². The zero-order chi connectivity index (χ0) is 16.4. The van der Waals surface area contributed by atoms with Gasteiger partial charge in [-0.25, -0.2) is 0 Å². The average Bonchev–Trinajstić information content (AvgIpc) is 2.52. The Hall–Kier alpha value is -0.240. The van der Waals surface area contributed by atoms with Crippen molar-refractivity contribution < 1.29 is 29.9 Å². The minimum Gasteiger partial charge on any atom is -0.394 e. The van der Waals surface area contributed by atoms with Crippen molar-refractivity contribution in [2.45, 2.75) is 89.0 Å². The van der Waals surface area contributed by atoms with Gasteiger partial charge in [-0.1, -0.05) is 51.9 Å². The lowest BCUT2D eigenvalue weighted by molar-refractivity contribution is -0.296. The van der Waals surface area contributed by atoms with Crippen LogP contribution in [0.15, 0.2) is 0 Å². The summed E-state index contributed by atoms with van der Waals surface area (Å²) in [7, 11) is 0. The second-order valence-corrected chi connectivity index (χ2v) is 6.04. The maximum absolute atomic E-state index is 9.91. The molecule has 6 nitrogen and oxygen atoms in total. The van der Waals surface area contributed by atoms with Crippen molar-refractivity contribution in [2.24, 2.45) is 0 Å². The maximum Gasteiger partial charge on any atom is 0.184 e. The number of unbranched alkanes of at least 4 members (excludes halogenated alkanes) is 7. The van der Waals surface area contributed by atoms with Gasteiger partial charge in [-0.3, -0.25) is 0 Å². The van der Waals surface area contributed by atoms with E-state index in [0.717, 1.165) is 19.3 Å². The number of hydrogen-bond acceptors (Lipinski definition) is 6. The highest BCUT2D eigenvalue weighted by molar-refractivity contribution is 4.89. The first-order valence-electron chi connectivity index (χ1n) is 8.54. The van der Waals surface area contributed by atoms with Crippen LogP contribution in [0, 0.1) is 0 Å². The van der Waals surface area contributed by atoms with Crippen LogP contribution >= 0.6 is 0 Å². The van der Waals surface area contributed by atoms with Crippen LogP contribution in [-0.2, 0) is 9.47 Å². The Balaban J connectivity index is 2.11. The van der Waals surface area contributed by atoms with Crippen LogP contribution in [0.1, 0.15) is 58.3 Å². The van der Waals surface area contributed by atoms with E-state index in [1.54, 1.807) is 0 Å². The molecule has 22 heavy (non-hydrogen) atoms. The fourth-order valence-electron chi connectivity index (χ4n) is 2.71. The Labute approximate surface area is 133 Å². The van der Waals surface area contributed by atoms with E-state index in [9.17, 15) is 15.3 Å². The molecule has 1 heterocycles. The zero-order valence-corrected chi connectivity index (χ0v) is 13.6. The molecule has 0 radical (unpaired) electrons. The summed E-state index contributed by atoms with van der Waals surface area (Å²) in [5, 5.41) is 38.4. The van der Waals surface area contributed by atoms with Gasteiger partial charge < -0.3 is 29.9 Å². The third-order valence-corrected chi connectivity index (χ3v) is 4.15. The van der Waals surface area contributed by atoms with E-state index in [2.05, 4.69) is 6.92 Å².